The van der Waals surface area contributed by atoms with Crippen LogP contribution in [-0.4, -0.2) is 81.1 Å². The molecule has 0 saturated carbocycles. The Hall–Kier alpha value is -3.67. The van der Waals surface area contributed by atoms with Crippen molar-refractivity contribution in [1.29, 1.82) is 0 Å². The third kappa shape index (κ3) is 4.53. The number of thiazole rings is 1. The van der Waals surface area contributed by atoms with E-state index in [2.05, 4.69) is 26.7 Å². The Morgan fingerprint density at radius 1 is 1.49 bits per heavy atom. The molecule has 3 atom stereocenters. The number of nitrogen functional groups attached to an aromatic ring is 1. The fraction of sp³-hybridized carbons (Fsp3) is 0.333. The molecule has 35 heavy (non-hydrogen) atoms. The van der Waals surface area contributed by atoms with Gasteiger partial charge in [-0.2, -0.15) is 0 Å². The van der Waals surface area contributed by atoms with Crippen LogP contribution in [0.25, 0.3) is 0 Å². The van der Waals surface area contributed by atoms with Gasteiger partial charge in [0.2, 0.25) is 5.78 Å². The molecule has 4 heterocycles. The number of amides is 2. The van der Waals surface area contributed by atoms with Crippen molar-refractivity contribution in [2.75, 3.05) is 25.1 Å². The minimum Gasteiger partial charge on any atom is -0.477 e. The van der Waals surface area contributed by atoms with Gasteiger partial charge in [-0.15, -0.1) is 29.5 Å². The highest BCUT2D eigenvalue weighted by Gasteiger charge is 2.54. The van der Waals surface area contributed by atoms with Crippen LogP contribution in [0.4, 0.5) is 5.13 Å². The zero-order chi connectivity index (χ0) is 25.3. The number of rotatable bonds is 7. The number of β-lactam (4-membered cyclic amide) rings is 1. The Labute approximate surface area is 207 Å². The normalized spacial score (nSPS) is 25.1. The molecular weight excluding hydrogens is 496 g/mol. The smallest absolute Gasteiger partial charge is 0.352 e. The van der Waals surface area contributed by atoms with E-state index in [0.29, 0.717) is 24.1 Å². The van der Waals surface area contributed by atoms with Crippen molar-refractivity contribution in [2.45, 2.75) is 23.9 Å². The molecule has 5 N–H and O–H groups in total. The third-order valence-electron chi connectivity index (χ3n) is 5.55. The van der Waals surface area contributed by atoms with Crippen LogP contribution in [0.1, 0.15) is 12.1 Å². The van der Waals surface area contributed by atoms with Crippen molar-refractivity contribution in [3.63, 3.8) is 0 Å². The number of aromatic nitrogens is 1. The fourth-order valence-corrected chi connectivity index (χ4v) is 5.87. The van der Waals surface area contributed by atoms with E-state index in [1.807, 2.05) is 0 Å². The molecule has 2 fully saturated rings. The molecule has 3 aliphatic rings. The zero-order valence-corrected chi connectivity index (χ0v) is 19.9. The minimum atomic E-state index is -1.29. The van der Waals surface area contributed by atoms with Crippen LogP contribution in [-0.2, 0) is 24.0 Å². The van der Waals surface area contributed by atoms with Gasteiger partial charge in [-0.3, -0.25) is 19.3 Å². The van der Waals surface area contributed by atoms with Crippen LogP contribution in [0.3, 0.4) is 0 Å². The number of aliphatic carboxylic acids is 1. The number of carboxylic acids is 1. The molecule has 0 bridgehead atoms. The number of thioether (sulfide) groups is 1. The van der Waals surface area contributed by atoms with E-state index < -0.39 is 41.0 Å². The van der Waals surface area contributed by atoms with Crippen LogP contribution in [0.15, 0.2) is 33.5 Å². The topological polar surface area (TPSA) is 176 Å². The number of oxime groups is 1. The Morgan fingerprint density at radius 3 is 2.89 bits per heavy atom. The number of hydrogen-bond donors (Lipinski definition) is 4. The number of terminal acetylenes is 1. The van der Waals surface area contributed by atoms with Crippen molar-refractivity contribution in [1.82, 2.24) is 20.5 Å². The number of nitrogens with one attached hydrogen (secondary N) is 2. The molecule has 2 saturated heterocycles. The second-order valence-corrected chi connectivity index (χ2v) is 9.59. The number of allylic oxidation sites excluding steroid dienone is 1. The highest BCUT2D eigenvalue weighted by atomic mass is 32.2. The lowest BCUT2D eigenvalue weighted by molar-refractivity contribution is -0.150. The maximum atomic E-state index is 13.0. The number of nitrogens with two attached hydrogens (primary N) is 1. The number of Topliss-reactive ketones (excluding diaryl/α,β-unsaturated/α-hetero) is 1. The summed E-state index contributed by atoms with van der Waals surface area (Å²) in [5.41, 5.74) is 6.53. The Bertz CT molecular complexity index is 1250. The number of carbonyl (C=O) groups is 4. The van der Waals surface area contributed by atoms with Crippen molar-refractivity contribution in [3.8, 4) is 12.3 Å². The van der Waals surface area contributed by atoms with Gasteiger partial charge in [-0.25, -0.2) is 9.78 Å². The van der Waals surface area contributed by atoms with Gasteiger partial charge in [0.05, 0.1) is 0 Å². The molecule has 14 heteroatoms. The first-order chi connectivity index (χ1) is 16.8. The molecule has 4 rings (SSSR count). The molecule has 182 valence electrons. The highest BCUT2D eigenvalue weighted by molar-refractivity contribution is 8.00. The molecule has 0 spiro atoms. The predicted octanol–water partition coefficient (Wildman–Crippen LogP) is -0.695. The second-order valence-electron chi connectivity index (χ2n) is 7.60. The van der Waals surface area contributed by atoms with Crippen LogP contribution in [0, 0.1) is 12.3 Å². The molecule has 1 aromatic heterocycles. The second kappa shape index (κ2) is 9.90. The largest absolute Gasteiger partial charge is 0.477 e. The average molecular weight is 517 g/mol. The monoisotopic (exact) mass is 516 g/mol. The van der Waals surface area contributed by atoms with Gasteiger partial charge in [-0.1, -0.05) is 11.2 Å². The van der Waals surface area contributed by atoms with Gasteiger partial charge in [-0.05, 0) is 30.0 Å². The summed E-state index contributed by atoms with van der Waals surface area (Å²) in [6, 6.07) is -1.65. The van der Waals surface area contributed by atoms with E-state index in [4.69, 9.17) is 17.0 Å². The van der Waals surface area contributed by atoms with E-state index in [1.54, 1.807) is 6.08 Å². The number of carbonyl (C=O) groups excluding carboxylic acids is 3. The van der Waals surface area contributed by atoms with E-state index in [0.717, 1.165) is 16.2 Å². The van der Waals surface area contributed by atoms with Gasteiger partial charge in [0.25, 0.3) is 11.8 Å². The average Bonchev–Trinajstić information content (AvgIpc) is 3.48. The quantitative estimate of drug-likeness (QED) is 0.119. The molecule has 0 aromatic carbocycles. The number of ketones is 1. The van der Waals surface area contributed by atoms with Gasteiger partial charge in [0.15, 0.2) is 10.8 Å². The van der Waals surface area contributed by atoms with Gasteiger partial charge >= 0.3 is 5.97 Å². The maximum Gasteiger partial charge on any atom is 0.352 e. The lowest BCUT2D eigenvalue weighted by atomic mass is 9.98. The third-order valence-corrected chi connectivity index (χ3v) is 7.52. The van der Waals surface area contributed by atoms with Crippen LogP contribution in [0.2, 0.25) is 0 Å². The van der Waals surface area contributed by atoms with Gasteiger partial charge in [0.1, 0.15) is 36.0 Å². The summed E-state index contributed by atoms with van der Waals surface area (Å²) in [5, 5.41) is 20.3. The minimum absolute atomic E-state index is 0.162. The molecular formula is C21H20N6O6S2. The summed E-state index contributed by atoms with van der Waals surface area (Å²) >= 11 is 2.40. The molecule has 0 radical (unpaired) electrons. The molecule has 1 aromatic rings. The number of fused-ring (bicyclic) bond motifs is 1. The SMILES string of the molecule is C#CC(=O)C1NCC/C1=C\C1=C(C(=O)O)N2C(=O)[C@@H](NC(=O)/C(=N\OC)c3csc(N)n3)[C@H]2SC1. The van der Waals surface area contributed by atoms with Crippen molar-refractivity contribution in [2.24, 2.45) is 5.16 Å². The summed E-state index contributed by atoms with van der Waals surface area (Å²) in [7, 11) is 1.26. The summed E-state index contributed by atoms with van der Waals surface area (Å²) < 4.78 is 0. The fourth-order valence-electron chi connectivity index (χ4n) is 4.02. The summed E-state index contributed by atoms with van der Waals surface area (Å²) in [6.07, 6.45) is 7.39. The summed E-state index contributed by atoms with van der Waals surface area (Å²) in [4.78, 5) is 59.8. The van der Waals surface area contributed by atoms with E-state index >= 15 is 0 Å². The lowest BCUT2D eigenvalue weighted by Crippen LogP contribution is -2.71. The number of carboxylic acid groups (broad SMARTS) is 1. The summed E-state index contributed by atoms with van der Waals surface area (Å²) in [6.45, 7) is 0.530. The highest BCUT2D eigenvalue weighted by Crippen LogP contribution is 2.41. The molecule has 12 nitrogen and oxygen atoms in total. The number of hydrogen-bond acceptors (Lipinski definition) is 11. The first kappa shape index (κ1) is 24.5. The van der Waals surface area contributed by atoms with Crippen LogP contribution >= 0.6 is 23.1 Å². The number of anilines is 1. The molecule has 0 aliphatic carbocycles. The standard InChI is InChI=1S/C21H20N6O6S2/c1-3-12(28)13-9(4-5-23-13)6-10-7-34-19-15(18(30)27(19)16(10)20(31)32)25-17(29)14(26-33-2)11-8-35-21(22)24-11/h1,6,8,13,15,19,23H,4-5,7H2,2H3,(H2,22,24)(H,25,29)(H,31,32)/b9-6+,26-14-/t13?,15-,19-/m1/s1. The summed E-state index contributed by atoms with van der Waals surface area (Å²) in [5.74, 6) is -0.683. The van der Waals surface area contributed by atoms with Gasteiger partial charge in [0, 0.05) is 11.1 Å². The van der Waals surface area contributed by atoms with E-state index in [-0.39, 0.29) is 28.0 Å². The lowest BCUT2D eigenvalue weighted by Gasteiger charge is -2.49. The molecule has 1 unspecified atom stereocenters. The Balaban J connectivity index is 1.56. The Kier molecular flexibility index (Phi) is 6.92. The van der Waals surface area contributed by atoms with Crippen molar-refractivity contribution >= 4 is 57.5 Å². The van der Waals surface area contributed by atoms with E-state index in [1.165, 1.54) is 24.3 Å². The maximum absolute atomic E-state index is 13.0. The molecule has 3 aliphatic heterocycles. The first-order valence-corrected chi connectivity index (χ1v) is 12.2. The number of nitrogens with zero attached hydrogens (tertiary/aromatic N) is 3. The van der Waals surface area contributed by atoms with Crippen LogP contribution < -0.4 is 16.4 Å². The van der Waals surface area contributed by atoms with Gasteiger partial charge < -0.3 is 26.3 Å². The van der Waals surface area contributed by atoms with Crippen LogP contribution in [0.5, 0.6) is 0 Å². The van der Waals surface area contributed by atoms with Crippen molar-refractivity contribution < 1.29 is 29.1 Å². The predicted molar refractivity (Wildman–Crippen MR) is 128 cm³/mol. The molecule has 2 amide bonds. The Morgan fingerprint density at radius 2 is 2.26 bits per heavy atom. The van der Waals surface area contributed by atoms with E-state index in [9.17, 15) is 24.3 Å². The first-order valence-electron chi connectivity index (χ1n) is 10.3. The zero-order valence-electron chi connectivity index (χ0n) is 18.3. The van der Waals surface area contributed by atoms with Crippen molar-refractivity contribution in [3.05, 3.63) is 34.0 Å².